The highest BCUT2D eigenvalue weighted by atomic mass is 15.1. The summed E-state index contributed by atoms with van der Waals surface area (Å²) in [5.74, 6) is 0. The zero-order valence-corrected chi connectivity index (χ0v) is 36.6. The van der Waals surface area contributed by atoms with Crippen molar-refractivity contribution in [3.63, 3.8) is 0 Å². The molecular weight excluding hydrogens is 797 g/mol. The van der Waals surface area contributed by atoms with Crippen molar-refractivity contribution in [1.82, 2.24) is 4.57 Å². The van der Waals surface area contributed by atoms with Crippen LogP contribution in [-0.4, -0.2) is 4.57 Å². The van der Waals surface area contributed by atoms with E-state index in [0.717, 1.165) is 83.5 Å². The van der Waals surface area contributed by atoms with Gasteiger partial charge in [0.2, 0.25) is 0 Å². The molecule has 10 aromatic carbocycles. The van der Waals surface area contributed by atoms with Gasteiger partial charge in [-0.3, -0.25) is 0 Å². The van der Waals surface area contributed by atoms with Gasteiger partial charge in [0, 0.05) is 38.9 Å². The number of aromatic nitrogens is 1. The minimum absolute atomic E-state index is 0.135. The van der Waals surface area contributed by atoms with E-state index in [4.69, 9.17) is 4.11 Å². The van der Waals surface area contributed by atoms with Crippen LogP contribution in [0.5, 0.6) is 0 Å². The van der Waals surface area contributed by atoms with Crippen LogP contribution in [0.3, 0.4) is 0 Å². The van der Waals surface area contributed by atoms with Crippen molar-refractivity contribution in [1.29, 1.82) is 0 Å². The monoisotopic (exact) mass is 847 g/mol. The quantitative estimate of drug-likeness (QED) is 0.155. The van der Waals surface area contributed by atoms with Crippen LogP contribution in [-0.2, 0) is 10.8 Å². The molecule has 13 rings (SSSR count). The molecule has 66 heavy (non-hydrogen) atoms. The molecule has 0 fully saturated rings. The van der Waals surface area contributed by atoms with Crippen molar-refractivity contribution in [3.8, 4) is 39.1 Å². The van der Waals surface area contributed by atoms with Crippen molar-refractivity contribution in [2.24, 2.45) is 0 Å². The van der Waals surface area contributed by atoms with Gasteiger partial charge in [-0.25, -0.2) is 0 Å². The van der Waals surface area contributed by atoms with E-state index in [-0.39, 0.29) is 35.1 Å². The molecule has 2 nitrogen and oxygen atoms in total. The van der Waals surface area contributed by atoms with Gasteiger partial charge in [-0.05, 0) is 140 Å². The minimum atomic E-state index is -1.23. The molecule has 0 spiro atoms. The van der Waals surface area contributed by atoms with Crippen molar-refractivity contribution < 1.29 is 6.85 Å². The van der Waals surface area contributed by atoms with E-state index in [1.165, 1.54) is 22.3 Å². The number of hydrogen-bond acceptors (Lipinski definition) is 1. The Labute approximate surface area is 393 Å². The van der Waals surface area contributed by atoms with Crippen molar-refractivity contribution in [2.45, 2.75) is 24.7 Å². The van der Waals surface area contributed by atoms with Gasteiger partial charge in [0.05, 0.1) is 23.3 Å². The summed E-state index contributed by atoms with van der Waals surface area (Å²) in [6, 6.07) is 73.3. The van der Waals surface area contributed by atoms with Gasteiger partial charge in [-0.1, -0.05) is 184 Å². The van der Waals surface area contributed by atoms with E-state index in [2.05, 4.69) is 205 Å². The maximum atomic E-state index is 9.52. The normalized spacial score (nSPS) is 14.9. The van der Waals surface area contributed by atoms with Crippen molar-refractivity contribution in [2.75, 3.05) is 4.90 Å². The third kappa shape index (κ3) is 5.55. The number of rotatable bonds is 7. The Morgan fingerprint density at radius 2 is 0.909 bits per heavy atom. The van der Waals surface area contributed by atoms with E-state index in [0.29, 0.717) is 0 Å². The summed E-state index contributed by atoms with van der Waals surface area (Å²) in [4.78, 5) is 2.34. The highest BCUT2D eigenvalue weighted by molar-refractivity contribution is 6.11. The standard InChI is InChI=1S/C64H46N2/c1-63(2)57-27-15-12-24-51(57)54-37-36-50(42-60(54)63)65(47-20-8-4-9-21-47)49-34-30-43(31-35-49)44-32-38-61-55(40-44)56-41-46(33-39-62(56)66(61)48-22-10-5-11-23-48)64(45-18-6-3-7-19-45)58-28-16-13-25-52(58)53-26-14-17-29-59(53)64/h3-42H,1-2H3/i3D,6D,7D,18D,19D. The second kappa shape index (κ2) is 14.7. The molecule has 0 N–H and O–H groups in total. The Balaban J connectivity index is 0.995. The summed E-state index contributed by atoms with van der Waals surface area (Å²) in [5, 5.41) is 2.03. The first-order valence-electron chi connectivity index (χ1n) is 25.2. The second-order valence-corrected chi connectivity index (χ2v) is 18.1. The smallest absolute Gasteiger partial charge is 0.0713 e. The number of nitrogens with zero attached hydrogens (tertiary/aromatic N) is 2. The minimum Gasteiger partial charge on any atom is -0.310 e. The maximum Gasteiger partial charge on any atom is 0.0713 e. The van der Waals surface area contributed by atoms with Gasteiger partial charge < -0.3 is 9.47 Å². The van der Waals surface area contributed by atoms with Crippen molar-refractivity contribution >= 4 is 38.9 Å². The Morgan fingerprint density at radius 1 is 0.394 bits per heavy atom. The fourth-order valence-corrected chi connectivity index (χ4v) is 11.3. The first-order valence-corrected chi connectivity index (χ1v) is 22.7. The Hall–Kier alpha value is -8.20. The molecule has 11 aromatic rings. The van der Waals surface area contributed by atoms with Gasteiger partial charge in [0.15, 0.2) is 0 Å². The molecule has 0 bridgehead atoms. The summed E-state index contributed by atoms with van der Waals surface area (Å²) in [6.45, 7) is 4.65. The SMILES string of the molecule is [2H]c1c([2H])c([2H])c(C2(c3ccc4c(c3)c3cc(-c5ccc(N(c6ccccc6)c6ccc7c(c6)C(C)(C)c6ccccc6-7)cc5)ccc3n4-c3ccccc3)c3ccccc3-c3ccccc32)c([2H])c1[2H]. The van der Waals surface area contributed by atoms with E-state index in [1.54, 1.807) is 0 Å². The first kappa shape index (κ1) is 33.3. The third-order valence-corrected chi connectivity index (χ3v) is 14.3. The zero-order valence-electron chi connectivity index (χ0n) is 41.6. The fraction of sp³-hybridized carbons (Fsp3) is 0.0625. The summed E-state index contributed by atoms with van der Waals surface area (Å²) in [5.41, 5.74) is 17.1. The van der Waals surface area contributed by atoms with Gasteiger partial charge in [-0.2, -0.15) is 0 Å². The Bertz CT molecular complexity index is 3890. The molecule has 0 atom stereocenters. The Morgan fingerprint density at radius 3 is 1.59 bits per heavy atom. The molecule has 2 aliphatic rings. The highest BCUT2D eigenvalue weighted by Gasteiger charge is 2.46. The van der Waals surface area contributed by atoms with Crippen LogP contribution >= 0.6 is 0 Å². The number of benzene rings is 10. The average Bonchev–Trinajstić information content (AvgIpc) is 3.99. The molecule has 0 aliphatic heterocycles. The summed E-state index contributed by atoms with van der Waals surface area (Å²) >= 11 is 0. The third-order valence-electron chi connectivity index (χ3n) is 14.3. The van der Waals surface area contributed by atoms with E-state index >= 15 is 0 Å². The molecule has 0 saturated carbocycles. The van der Waals surface area contributed by atoms with Gasteiger partial charge in [-0.15, -0.1) is 0 Å². The molecule has 2 heteroatoms. The van der Waals surface area contributed by atoms with Gasteiger partial charge in [0.25, 0.3) is 0 Å². The van der Waals surface area contributed by atoms with Crippen LogP contribution in [0.4, 0.5) is 17.1 Å². The van der Waals surface area contributed by atoms with Gasteiger partial charge >= 0.3 is 0 Å². The lowest BCUT2D eigenvalue weighted by Crippen LogP contribution is -2.28. The molecule has 0 unspecified atom stereocenters. The molecular formula is C64H46N2. The summed E-state index contributed by atoms with van der Waals surface area (Å²) < 4.78 is 47.8. The van der Waals surface area contributed by atoms with Crippen LogP contribution < -0.4 is 4.90 Å². The molecule has 0 amide bonds. The van der Waals surface area contributed by atoms with Crippen LogP contribution in [0.15, 0.2) is 243 Å². The molecule has 0 saturated heterocycles. The van der Waals surface area contributed by atoms with Gasteiger partial charge in [0.1, 0.15) is 0 Å². The van der Waals surface area contributed by atoms with E-state index in [1.807, 2.05) is 30.3 Å². The number of anilines is 3. The van der Waals surface area contributed by atoms with E-state index < -0.39 is 11.5 Å². The van der Waals surface area contributed by atoms with Crippen molar-refractivity contribution in [3.05, 3.63) is 276 Å². The molecule has 1 heterocycles. The lowest BCUT2D eigenvalue weighted by Gasteiger charge is -2.34. The van der Waals surface area contributed by atoms with Crippen LogP contribution in [0.25, 0.3) is 60.9 Å². The topological polar surface area (TPSA) is 8.17 Å². The molecule has 1 aromatic heterocycles. The first-order chi connectivity index (χ1) is 34.6. The predicted octanol–water partition coefficient (Wildman–Crippen LogP) is 16.6. The summed E-state index contributed by atoms with van der Waals surface area (Å²) in [7, 11) is 0. The Kier molecular flexibility index (Phi) is 7.41. The predicted molar refractivity (Wildman–Crippen MR) is 276 cm³/mol. The highest BCUT2D eigenvalue weighted by Crippen LogP contribution is 2.57. The molecule has 0 radical (unpaired) electrons. The number of para-hydroxylation sites is 2. The number of fused-ring (bicyclic) bond motifs is 9. The van der Waals surface area contributed by atoms with E-state index in [9.17, 15) is 2.74 Å². The zero-order chi connectivity index (χ0) is 48.3. The van der Waals surface area contributed by atoms with Crippen LogP contribution in [0.1, 0.15) is 54.1 Å². The lowest BCUT2D eigenvalue weighted by atomic mass is 9.67. The lowest BCUT2D eigenvalue weighted by molar-refractivity contribution is 0.660. The molecule has 312 valence electrons. The van der Waals surface area contributed by atoms with Crippen LogP contribution in [0, 0.1) is 0 Å². The van der Waals surface area contributed by atoms with Crippen LogP contribution in [0.2, 0.25) is 0 Å². The average molecular weight is 848 g/mol. The maximum absolute atomic E-state index is 9.52. The fourth-order valence-electron chi connectivity index (χ4n) is 11.3. The second-order valence-electron chi connectivity index (χ2n) is 18.1. The largest absolute Gasteiger partial charge is 0.310 e. The molecule has 2 aliphatic carbocycles. The number of hydrogen-bond donors (Lipinski definition) is 0. The summed E-state index contributed by atoms with van der Waals surface area (Å²) in [6.07, 6.45) is 0.